The number of carbonyl (C=O) groups excluding carboxylic acids is 1. The minimum absolute atomic E-state index is 0.0972. The Hall–Kier alpha value is -1.35. The summed E-state index contributed by atoms with van der Waals surface area (Å²) in [6.07, 6.45) is 0.390. The normalized spacial score (nSPS) is 13.1. The molecule has 0 saturated heterocycles. The highest BCUT2D eigenvalue weighted by atomic mass is 16.6. The van der Waals surface area contributed by atoms with Gasteiger partial charge in [0.25, 0.3) is 0 Å². The zero-order valence-corrected chi connectivity index (χ0v) is 14.5. The molecule has 1 N–H and O–H groups in total. The Balaban J connectivity index is 2.54. The van der Waals surface area contributed by atoms with Crippen LogP contribution in [0.15, 0.2) is 12.1 Å². The molecule has 0 bridgehead atoms. The highest BCUT2D eigenvalue weighted by Gasteiger charge is 2.18. The first kappa shape index (κ1) is 17.7. The second-order valence-electron chi connectivity index (χ2n) is 6.95. The van der Waals surface area contributed by atoms with Crippen molar-refractivity contribution in [1.82, 2.24) is 5.32 Å². The molecule has 0 aliphatic heterocycles. The summed E-state index contributed by atoms with van der Waals surface area (Å²) in [6.45, 7) is 14.9. The first-order valence-electron chi connectivity index (χ1n) is 7.60. The summed E-state index contributed by atoms with van der Waals surface area (Å²) in [5, 5.41) is 3.42. The standard InChI is InChI=1S/C18H29NO2/c1-12-8-13(2)16(14(3)9-12)11-19-15(4)10-17(20)21-18(5,6)7/h8-9,15,19H,10-11H2,1-7H3/t15-/m0/s1. The van der Waals surface area contributed by atoms with E-state index in [1.807, 2.05) is 27.7 Å². The number of ether oxygens (including phenoxy) is 1. The first-order valence-corrected chi connectivity index (χ1v) is 7.60. The van der Waals surface area contributed by atoms with Crippen molar-refractivity contribution in [3.8, 4) is 0 Å². The van der Waals surface area contributed by atoms with Gasteiger partial charge >= 0.3 is 5.97 Å². The lowest BCUT2D eigenvalue weighted by Crippen LogP contribution is -2.32. The van der Waals surface area contributed by atoms with Gasteiger partial charge in [-0.2, -0.15) is 0 Å². The van der Waals surface area contributed by atoms with Crippen LogP contribution in [-0.4, -0.2) is 17.6 Å². The molecule has 0 amide bonds. The molecule has 0 aromatic heterocycles. The van der Waals surface area contributed by atoms with E-state index in [1.54, 1.807) is 0 Å². The van der Waals surface area contributed by atoms with Gasteiger partial charge in [0, 0.05) is 12.6 Å². The molecular formula is C18H29NO2. The number of nitrogens with one attached hydrogen (secondary N) is 1. The maximum absolute atomic E-state index is 11.8. The zero-order chi connectivity index (χ0) is 16.2. The van der Waals surface area contributed by atoms with Crippen LogP contribution in [0.4, 0.5) is 0 Å². The molecule has 118 valence electrons. The predicted molar refractivity (Wildman–Crippen MR) is 87.4 cm³/mol. The first-order chi connectivity index (χ1) is 9.58. The van der Waals surface area contributed by atoms with E-state index in [4.69, 9.17) is 4.74 Å². The van der Waals surface area contributed by atoms with E-state index in [2.05, 4.69) is 38.2 Å². The molecule has 1 aromatic carbocycles. The van der Waals surface area contributed by atoms with Gasteiger partial charge in [-0.1, -0.05) is 17.7 Å². The molecule has 0 aliphatic rings. The second-order valence-corrected chi connectivity index (χ2v) is 6.95. The topological polar surface area (TPSA) is 38.3 Å². The summed E-state index contributed by atoms with van der Waals surface area (Å²) >= 11 is 0. The second kappa shape index (κ2) is 7.08. The predicted octanol–water partition coefficient (Wildman–Crippen LogP) is 3.82. The van der Waals surface area contributed by atoms with Gasteiger partial charge in [0.05, 0.1) is 6.42 Å². The van der Waals surface area contributed by atoms with Gasteiger partial charge in [0.15, 0.2) is 0 Å². The van der Waals surface area contributed by atoms with E-state index in [-0.39, 0.29) is 12.0 Å². The number of benzene rings is 1. The molecule has 1 atom stereocenters. The van der Waals surface area contributed by atoms with Crippen LogP contribution in [0.5, 0.6) is 0 Å². The van der Waals surface area contributed by atoms with Crippen molar-refractivity contribution in [3.63, 3.8) is 0 Å². The van der Waals surface area contributed by atoms with Gasteiger partial charge in [-0.25, -0.2) is 0 Å². The van der Waals surface area contributed by atoms with Crippen LogP contribution in [0.2, 0.25) is 0 Å². The Morgan fingerprint density at radius 1 is 1.19 bits per heavy atom. The van der Waals surface area contributed by atoms with Crippen molar-refractivity contribution in [2.24, 2.45) is 0 Å². The maximum atomic E-state index is 11.8. The Kier molecular flexibility index (Phi) is 5.97. The summed E-state index contributed by atoms with van der Waals surface area (Å²) in [5.41, 5.74) is 4.78. The highest BCUT2D eigenvalue weighted by Crippen LogP contribution is 2.16. The molecule has 0 unspecified atom stereocenters. The summed E-state index contributed by atoms with van der Waals surface area (Å²) in [5.74, 6) is -0.153. The molecular weight excluding hydrogens is 262 g/mol. The van der Waals surface area contributed by atoms with Gasteiger partial charge in [-0.05, 0) is 65.2 Å². The summed E-state index contributed by atoms with van der Waals surface area (Å²) in [4.78, 5) is 11.8. The van der Waals surface area contributed by atoms with Crippen LogP contribution in [0.3, 0.4) is 0 Å². The van der Waals surface area contributed by atoms with Crippen LogP contribution in [-0.2, 0) is 16.1 Å². The quantitative estimate of drug-likeness (QED) is 0.838. The van der Waals surface area contributed by atoms with Gasteiger partial charge in [0.2, 0.25) is 0 Å². The number of hydrogen-bond donors (Lipinski definition) is 1. The number of esters is 1. The van der Waals surface area contributed by atoms with Crippen molar-refractivity contribution in [2.45, 2.75) is 73.1 Å². The van der Waals surface area contributed by atoms with Crippen LogP contribution < -0.4 is 5.32 Å². The Morgan fingerprint density at radius 3 is 2.19 bits per heavy atom. The lowest BCUT2D eigenvalue weighted by molar-refractivity contribution is -0.155. The fourth-order valence-electron chi connectivity index (χ4n) is 2.47. The average Bonchev–Trinajstić information content (AvgIpc) is 2.23. The highest BCUT2D eigenvalue weighted by molar-refractivity contribution is 5.70. The molecule has 0 fully saturated rings. The lowest BCUT2D eigenvalue weighted by atomic mass is 9.99. The van der Waals surface area contributed by atoms with Crippen LogP contribution in [0.1, 0.15) is 56.4 Å². The molecule has 3 heteroatoms. The molecule has 0 spiro atoms. The van der Waals surface area contributed by atoms with Gasteiger partial charge in [-0.15, -0.1) is 0 Å². The molecule has 0 saturated carbocycles. The van der Waals surface area contributed by atoms with E-state index in [0.717, 1.165) is 6.54 Å². The fraction of sp³-hybridized carbons (Fsp3) is 0.611. The third-order valence-corrected chi connectivity index (χ3v) is 3.36. The van der Waals surface area contributed by atoms with E-state index in [0.29, 0.717) is 6.42 Å². The van der Waals surface area contributed by atoms with Crippen LogP contribution in [0.25, 0.3) is 0 Å². The summed E-state index contributed by atoms with van der Waals surface area (Å²) in [6, 6.07) is 4.49. The Labute approximate surface area is 129 Å². The molecule has 0 aliphatic carbocycles. The number of carbonyl (C=O) groups is 1. The fourth-order valence-corrected chi connectivity index (χ4v) is 2.47. The third kappa shape index (κ3) is 6.30. The molecule has 21 heavy (non-hydrogen) atoms. The zero-order valence-electron chi connectivity index (χ0n) is 14.5. The third-order valence-electron chi connectivity index (χ3n) is 3.36. The molecule has 1 rings (SSSR count). The number of rotatable bonds is 5. The number of aryl methyl sites for hydroxylation is 3. The average molecular weight is 291 g/mol. The number of hydrogen-bond acceptors (Lipinski definition) is 3. The van der Waals surface area contributed by atoms with Crippen molar-refractivity contribution < 1.29 is 9.53 Å². The molecule has 0 radical (unpaired) electrons. The van der Waals surface area contributed by atoms with E-state index in [9.17, 15) is 4.79 Å². The largest absolute Gasteiger partial charge is 0.460 e. The maximum Gasteiger partial charge on any atom is 0.307 e. The van der Waals surface area contributed by atoms with Gasteiger partial charge in [-0.3, -0.25) is 4.79 Å². The van der Waals surface area contributed by atoms with Gasteiger partial charge in [0.1, 0.15) is 5.60 Å². The summed E-state index contributed by atoms with van der Waals surface area (Å²) < 4.78 is 5.34. The summed E-state index contributed by atoms with van der Waals surface area (Å²) in [7, 11) is 0. The van der Waals surface area contributed by atoms with E-state index in [1.165, 1.54) is 22.3 Å². The van der Waals surface area contributed by atoms with Gasteiger partial charge < -0.3 is 10.1 Å². The minimum Gasteiger partial charge on any atom is -0.460 e. The smallest absolute Gasteiger partial charge is 0.307 e. The van der Waals surface area contributed by atoms with Crippen molar-refractivity contribution in [3.05, 3.63) is 34.4 Å². The van der Waals surface area contributed by atoms with Crippen molar-refractivity contribution in [1.29, 1.82) is 0 Å². The minimum atomic E-state index is -0.416. The van der Waals surface area contributed by atoms with E-state index >= 15 is 0 Å². The Bertz CT molecular complexity index is 477. The lowest BCUT2D eigenvalue weighted by Gasteiger charge is -2.22. The van der Waals surface area contributed by atoms with Crippen molar-refractivity contribution in [2.75, 3.05) is 0 Å². The SMILES string of the molecule is Cc1cc(C)c(CN[C@@H](C)CC(=O)OC(C)(C)C)c(C)c1. The van der Waals surface area contributed by atoms with Crippen LogP contribution in [0, 0.1) is 20.8 Å². The van der Waals surface area contributed by atoms with E-state index < -0.39 is 5.60 Å². The molecule has 3 nitrogen and oxygen atoms in total. The molecule has 0 heterocycles. The monoisotopic (exact) mass is 291 g/mol. The van der Waals surface area contributed by atoms with Crippen LogP contribution >= 0.6 is 0 Å². The molecule has 1 aromatic rings. The van der Waals surface area contributed by atoms with Crippen molar-refractivity contribution >= 4 is 5.97 Å². The Morgan fingerprint density at radius 2 is 1.71 bits per heavy atom.